The van der Waals surface area contributed by atoms with Gasteiger partial charge in [0.15, 0.2) is 0 Å². The van der Waals surface area contributed by atoms with E-state index in [1.165, 1.54) is 0 Å². The summed E-state index contributed by atoms with van der Waals surface area (Å²) in [5.74, 6) is -0.727. The Morgan fingerprint density at radius 2 is 2.08 bits per heavy atom. The number of benzene rings is 1. The summed E-state index contributed by atoms with van der Waals surface area (Å²) in [6, 6.07) is 9.34. The minimum atomic E-state index is -0.727. The Hall–Kier alpha value is -1.51. The van der Waals surface area contributed by atoms with E-state index < -0.39 is 5.97 Å². The Morgan fingerprint density at radius 1 is 1.38 bits per heavy atom. The van der Waals surface area contributed by atoms with Gasteiger partial charge in [-0.25, -0.2) is 4.79 Å². The molecule has 3 nitrogen and oxygen atoms in total. The first kappa shape index (κ1) is 8.10. The highest BCUT2D eigenvalue weighted by atomic mass is 16.4. The Bertz CT molecular complexity index is 310. The van der Waals surface area contributed by atoms with Crippen LogP contribution < -0.4 is 4.90 Å². The third-order valence-electron chi connectivity index (χ3n) is 2.39. The number of carboxylic acids is 1. The molecule has 2 rings (SSSR count). The van der Waals surface area contributed by atoms with E-state index in [2.05, 4.69) is 0 Å². The van der Waals surface area contributed by atoms with Gasteiger partial charge in [-0.1, -0.05) is 18.2 Å². The molecule has 1 aromatic carbocycles. The summed E-state index contributed by atoms with van der Waals surface area (Å²) >= 11 is 0. The molecular formula is C10H11NO2. The minimum Gasteiger partial charge on any atom is -0.480 e. The minimum absolute atomic E-state index is 0.317. The second-order valence-corrected chi connectivity index (χ2v) is 3.17. The molecule has 0 radical (unpaired) electrons. The highest BCUT2D eigenvalue weighted by Gasteiger charge is 2.33. The molecule has 1 aliphatic rings. The van der Waals surface area contributed by atoms with E-state index in [9.17, 15) is 4.79 Å². The number of hydrogen-bond donors (Lipinski definition) is 1. The Balaban J connectivity index is 2.15. The maximum atomic E-state index is 10.7. The highest BCUT2D eigenvalue weighted by molar-refractivity contribution is 5.80. The summed E-state index contributed by atoms with van der Waals surface area (Å²) in [7, 11) is 0. The lowest BCUT2D eigenvalue weighted by molar-refractivity contribution is -0.139. The highest BCUT2D eigenvalue weighted by Crippen LogP contribution is 2.25. The SMILES string of the molecule is O=C(O)[C@H]1CCN1c1ccccc1. The van der Waals surface area contributed by atoms with Crippen LogP contribution in [0.4, 0.5) is 5.69 Å². The van der Waals surface area contributed by atoms with Gasteiger partial charge in [0, 0.05) is 12.2 Å². The van der Waals surface area contributed by atoms with E-state index in [0.29, 0.717) is 0 Å². The molecule has 0 spiro atoms. The van der Waals surface area contributed by atoms with Crippen molar-refractivity contribution in [3.05, 3.63) is 30.3 Å². The van der Waals surface area contributed by atoms with Crippen LogP contribution in [0, 0.1) is 0 Å². The molecule has 0 saturated carbocycles. The summed E-state index contributed by atoms with van der Waals surface area (Å²) in [4.78, 5) is 12.6. The van der Waals surface area contributed by atoms with Crippen molar-refractivity contribution in [3.8, 4) is 0 Å². The van der Waals surface area contributed by atoms with Gasteiger partial charge >= 0.3 is 5.97 Å². The molecular weight excluding hydrogens is 166 g/mol. The fourth-order valence-corrected chi connectivity index (χ4v) is 1.57. The number of carboxylic acid groups (broad SMARTS) is 1. The molecule has 3 heteroatoms. The van der Waals surface area contributed by atoms with Crippen molar-refractivity contribution in [1.82, 2.24) is 0 Å². The second-order valence-electron chi connectivity index (χ2n) is 3.17. The average molecular weight is 177 g/mol. The van der Waals surface area contributed by atoms with Crippen LogP contribution in [-0.4, -0.2) is 23.7 Å². The third-order valence-corrected chi connectivity index (χ3v) is 2.39. The molecule has 1 aliphatic heterocycles. The molecule has 0 aromatic heterocycles. The van der Waals surface area contributed by atoms with Crippen LogP contribution in [-0.2, 0) is 4.79 Å². The molecule has 1 heterocycles. The van der Waals surface area contributed by atoms with E-state index in [4.69, 9.17) is 5.11 Å². The van der Waals surface area contributed by atoms with Crippen molar-refractivity contribution in [1.29, 1.82) is 0 Å². The second kappa shape index (κ2) is 3.09. The maximum Gasteiger partial charge on any atom is 0.326 e. The molecule has 1 aromatic rings. The van der Waals surface area contributed by atoms with Gasteiger partial charge in [-0.05, 0) is 18.6 Å². The van der Waals surface area contributed by atoms with Gasteiger partial charge in [-0.15, -0.1) is 0 Å². The lowest BCUT2D eigenvalue weighted by Crippen LogP contribution is -2.52. The third kappa shape index (κ3) is 1.37. The quantitative estimate of drug-likeness (QED) is 0.741. The fourth-order valence-electron chi connectivity index (χ4n) is 1.57. The van der Waals surface area contributed by atoms with Gasteiger partial charge in [-0.3, -0.25) is 0 Å². The van der Waals surface area contributed by atoms with Gasteiger partial charge in [0.1, 0.15) is 6.04 Å². The number of carbonyl (C=O) groups is 1. The molecule has 1 fully saturated rings. The molecule has 68 valence electrons. The summed E-state index contributed by atoms with van der Waals surface area (Å²) < 4.78 is 0. The predicted molar refractivity (Wildman–Crippen MR) is 49.8 cm³/mol. The zero-order chi connectivity index (χ0) is 9.26. The molecule has 0 aliphatic carbocycles. The summed E-state index contributed by atoms with van der Waals surface area (Å²) in [5.41, 5.74) is 1.00. The molecule has 0 bridgehead atoms. The summed E-state index contributed by atoms with van der Waals surface area (Å²) in [6.07, 6.45) is 0.754. The van der Waals surface area contributed by atoms with Crippen LogP contribution in [0.3, 0.4) is 0 Å². The first-order valence-electron chi connectivity index (χ1n) is 4.33. The van der Waals surface area contributed by atoms with Crippen molar-refractivity contribution < 1.29 is 9.90 Å². The first-order chi connectivity index (χ1) is 6.29. The largest absolute Gasteiger partial charge is 0.480 e. The van der Waals surface area contributed by atoms with Crippen LogP contribution in [0.5, 0.6) is 0 Å². The van der Waals surface area contributed by atoms with Gasteiger partial charge in [0.05, 0.1) is 0 Å². The first-order valence-corrected chi connectivity index (χ1v) is 4.33. The molecule has 1 atom stereocenters. The molecule has 0 unspecified atom stereocenters. The van der Waals surface area contributed by atoms with E-state index >= 15 is 0 Å². The normalized spacial score (nSPS) is 20.9. The summed E-state index contributed by atoms with van der Waals surface area (Å²) in [5, 5.41) is 8.82. The number of aliphatic carboxylic acids is 1. The molecule has 13 heavy (non-hydrogen) atoms. The van der Waals surface area contributed by atoms with Crippen molar-refractivity contribution in [2.24, 2.45) is 0 Å². The smallest absolute Gasteiger partial charge is 0.326 e. The van der Waals surface area contributed by atoms with Gasteiger partial charge < -0.3 is 10.0 Å². The van der Waals surface area contributed by atoms with E-state index in [0.717, 1.165) is 18.7 Å². The van der Waals surface area contributed by atoms with Crippen LogP contribution in [0.2, 0.25) is 0 Å². The number of rotatable bonds is 2. The van der Waals surface area contributed by atoms with E-state index in [1.54, 1.807) is 0 Å². The van der Waals surface area contributed by atoms with E-state index in [-0.39, 0.29) is 6.04 Å². The van der Waals surface area contributed by atoms with Crippen molar-refractivity contribution in [2.45, 2.75) is 12.5 Å². The topological polar surface area (TPSA) is 40.5 Å². The Kier molecular flexibility index (Phi) is 1.93. The lowest BCUT2D eigenvalue weighted by Gasteiger charge is -2.39. The molecule has 0 amide bonds. The lowest BCUT2D eigenvalue weighted by atomic mass is 10.0. The monoisotopic (exact) mass is 177 g/mol. The average Bonchev–Trinajstić information content (AvgIpc) is 2.02. The standard InChI is InChI=1S/C10H11NO2/c12-10(13)9-6-7-11(9)8-4-2-1-3-5-8/h1-5,9H,6-7H2,(H,12,13)/t9-/m1/s1. The van der Waals surface area contributed by atoms with Gasteiger partial charge in [0.2, 0.25) is 0 Å². The number of hydrogen-bond acceptors (Lipinski definition) is 2. The van der Waals surface area contributed by atoms with Crippen LogP contribution in [0.25, 0.3) is 0 Å². The van der Waals surface area contributed by atoms with E-state index in [1.807, 2.05) is 35.2 Å². The summed E-state index contributed by atoms with van der Waals surface area (Å²) in [6.45, 7) is 0.848. The zero-order valence-corrected chi connectivity index (χ0v) is 7.18. The predicted octanol–water partition coefficient (Wildman–Crippen LogP) is 1.35. The number of nitrogens with zero attached hydrogens (tertiary/aromatic N) is 1. The van der Waals surface area contributed by atoms with Crippen LogP contribution in [0.15, 0.2) is 30.3 Å². The molecule has 1 saturated heterocycles. The number of anilines is 1. The van der Waals surface area contributed by atoms with Gasteiger partial charge in [-0.2, -0.15) is 0 Å². The van der Waals surface area contributed by atoms with Crippen molar-refractivity contribution in [3.63, 3.8) is 0 Å². The van der Waals surface area contributed by atoms with Crippen molar-refractivity contribution in [2.75, 3.05) is 11.4 Å². The fraction of sp³-hybridized carbons (Fsp3) is 0.300. The number of para-hydroxylation sites is 1. The maximum absolute atomic E-state index is 10.7. The van der Waals surface area contributed by atoms with Crippen LogP contribution >= 0.6 is 0 Å². The van der Waals surface area contributed by atoms with Crippen LogP contribution in [0.1, 0.15) is 6.42 Å². The van der Waals surface area contributed by atoms with Gasteiger partial charge in [0.25, 0.3) is 0 Å². The Morgan fingerprint density at radius 3 is 2.54 bits per heavy atom. The molecule has 1 N–H and O–H groups in total. The zero-order valence-electron chi connectivity index (χ0n) is 7.18. The Labute approximate surface area is 76.6 Å². The van der Waals surface area contributed by atoms with Crippen molar-refractivity contribution >= 4 is 11.7 Å².